The number of benzene rings is 2. The second-order valence-electron chi connectivity index (χ2n) is 5.44. The van der Waals surface area contributed by atoms with Crippen molar-refractivity contribution in [3.63, 3.8) is 0 Å². The maximum Gasteiger partial charge on any atom is 0.185 e. The van der Waals surface area contributed by atoms with E-state index in [1.165, 1.54) is 0 Å². The second-order valence-corrected chi connectivity index (χ2v) is 5.44. The Morgan fingerprint density at radius 3 is 2.38 bits per heavy atom. The summed E-state index contributed by atoms with van der Waals surface area (Å²) in [5.41, 5.74) is 3.55. The van der Waals surface area contributed by atoms with Crippen molar-refractivity contribution in [1.82, 2.24) is 20.2 Å². The Hall–Kier alpha value is -3.34. The van der Waals surface area contributed by atoms with E-state index in [0.717, 1.165) is 22.2 Å². The van der Waals surface area contributed by atoms with Gasteiger partial charge in [-0.3, -0.25) is 5.10 Å². The van der Waals surface area contributed by atoms with Crippen LogP contribution in [0.15, 0.2) is 65.7 Å². The molecule has 0 radical (unpaired) electrons. The van der Waals surface area contributed by atoms with Crippen molar-refractivity contribution in [2.24, 2.45) is 4.99 Å². The average molecular weight is 313 g/mol. The Kier molecular flexibility index (Phi) is 3.59. The number of rotatable bonds is 3. The predicted octanol–water partition coefficient (Wildman–Crippen LogP) is 4.08. The molecule has 0 aliphatic heterocycles. The third-order valence-electron chi connectivity index (χ3n) is 3.75. The van der Waals surface area contributed by atoms with E-state index in [1.807, 2.05) is 67.6 Å². The first-order chi connectivity index (χ1) is 11.8. The van der Waals surface area contributed by atoms with Crippen LogP contribution in [0.5, 0.6) is 0 Å². The van der Waals surface area contributed by atoms with Gasteiger partial charge in [0.1, 0.15) is 0 Å². The summed E-state index contributed by atoms with van der Waals surface area (Å²) in [5.74, 6) is 1.29. The summed E-state index contributed by atoms with van der Waals surface area (Å²) in [6.45, 7) is 1.95. The van der Waals surface area contributed by atoms with Crippen LogP contribution in [0.4, 0.5) is 5.82 Å². The van der Waals surface area contributed by atoms with Gasteiger partial charge in [0.2, 0.25) is 0 Å². The predicted molar refractivity (Wildman–Crippen MR) is 95.6 cm³/mol. The summed E-state index contributed by atoms with van der Waals surface area (Å²) in [6.07, 6.45) is 1.79. The molecule has 0 amide bonds. The Balaban J connectivity index is 1.76. The summed E-state index contributed by atoms with van der Waals surface area (Å²) in [4.78, 5) is 13.7. The highest BCUT2D eigenvalue weighted by Crippen LogP contribution is 2.26. The van der Waals surface area contributed by atoms with Gasteiger partial charge in [0.25, 0.3) is 0 Å². The molecule has 5 heteroatoms. The third kappa shape index (κ3) is 2.67. The van der Waals surface area contributed by atoms with E-state index in [-0.39, 0.29) is 0 Å². The Labute approximate surface area is 139 Å². The van der Waals surface area contributed by atoms with E-state index in [9.17, 15) is 0 Å². The first-order valence-corrected chi connectivity index (χ1v) is 7.68. The van der Waals surface area contributed by atoms with Crippen molar-refractivity contribution in [3.8, 4) is 11.4 Å². The molecule has 4 rings (SSSR count). The van der Waals surface area contributed by atoms with Crippen LogP contribution in [0, 0.1) is 6.92 Å². The number of fused-ring (bicyclic) bond motifs is 1. The van der Waals surface area contributed by atoms with Gasteiger partial charge < -0.3 is 0 Å². The van der Waals surface area contributed by atoms with Crippen LogP contribution in [-0.4, -0.2) is 26.4 Å². The number of nitrogens with one attached hydrogen (secondary N) is 1. The quantitative estimate of drug-likeness (QED) is 0.580. The molecule has 0 fully saturated rings. The summed E-state index contributed by atoms with van der Waals surface area (Å²) in [6, 6.07) is 19.8. The molecule has 2 aromatic heterocycles. The lowest BCUT2D eigenvalue weighted by atomic mass is 10.2. The molecule has 0 bridgehead atoms. The van der Waals surface area contributed by atoms with Crippen LogP contribution in [0.1, 0.15) is 11.3 Å². The molecule has 24 heavy (non-hydrogen) atoms. The highest BCUT2D eigenvalue weighted by molar-refractivity contribution is 5.92. The van der Waals surface area contributed by atoms with Gasteiger partial charge in [-0.2, -0.15) is 5.10 Å². The normalized spacial score (nSPS) is 11.4. The number of aliphatic imine (C=N–C) groups is 1. The van der Waals surface area contributed by atoms with E-state index < -0.39 is 0 Å². The molecule has 116 valence electrons. The van der Waals surface area contributed by atoms with Gasteiger partial charge in [0, 0.05) is 11.8 Å². The van der Waals surface area contributed by atoms with Crippen LogP contribution in [0.2, 0.25) is 0 Å². The van der Waals surface area contributed by atoms with E-state index >= 15 is 0 Å². The number of hydrogen-bond acceptors (Lipinski definition) is 4. The number of aromatic nitrogens is 4. The number of aryl methyl sites for hydroxylation is 1. The minimum Gasteiger partial charge on any atom is -0.258 e. The van der Waals surface area contributed by atoms with Gasteiger partial charge in [-0.1, -0.05) is 60.7 Å². The highest BCUT2D eigenvalue weighted by atomic mass is 15.2. The molecular formula is C19H15N5. The van der Waals surface area contributed by atoms with Gasteiger partial charge in [0.15, 0.2) is 17.3 Å². The lowest BCUT2D eigenvalue weighted by molar-refractivity contribution is 1.08. The zero-order valence-corrected chi connectivity index (χ0v) is 13.1. The third-order valence-corrected chi connectivity index (χ3v) is 3.75. The first-order valence-electron chi connectivity index (χ1n) is 7.68. The number of hydrogen-bond donors (Lipinski definition) is 1. The van der Waals surface area contributed by atoms with Gasteiger partial charge in [-0.25, -0.2) is 15.0 Å². The SMILES string of the molecule is Cc1nc(-c2ccccc2)nc2[nH]nc(N=Cc3ccccc3)c12. The van der Waals surface area contributed by atoms with Crippen molar-refractivity contribution < 1.29 is 0 Å². The topological polar surface area (TPSA) is 66.8 Å². The molecule has 0 saturated carbocycles. The summed E-state index contributed by atoms with van der Waals surface area (Å²) in [5, 5.41) is 8.09. The Morgan fingerprint density at radius 1 is 0.917 bits per heavy atom. The minimum absolute atomic E-state index is 0.603. The molecular weight excluding hydrogens is 298 g/mol. The monoisotopic (exact) mass is 313 g/mol. The van der Waals surface area contributed by atoms with Gasteiger partial charge in [-0.15, -0.1) is 0 Å². The fourth-order valence-corrected chi connectivity index (χ4v) is 2.57. The molecule has 2 heterocycles. The van der Waals surface area contributed by atoms with Crippen LogP contribution in [0.3, 0.4) is 0 Å². The van der Waals surface area contributed by atoms with Crippen molar-refractivity contribution in [2.45, 2.75) is 6.92 Å². The van der Waals surface area contributed by atoms with Crippen molar-refractivity contribution in [2.75, 3.05) is 0 Å². The molecule has 0 saturated heterocycles. The zero-order valence-electron chi connectivity index (χ0n) is 13.1. The summed E-state index contributed by atoms with van der Waals surface area (Å²) < 4.78 is 0. The highest BCUT2D eigenvalue weighted by Gasteiger charge is 2.12. The van der Waals surface area contributed by atoms with Crippen LogP contribution in [-0.2, 0) is 0 Å². The smallest absolute Gasteiger partial charge is 0.185 e. The lowest BCUT2D eigenvalue weighted by Gasteiger charge is -2.02. The average Bonchev–Trinajstić information content (AvgIpc) is 3.05. The van der Waals surface area contributed by atoms with E-state index in [2.05, 4.69) is 25.2 Å². The fraction of sp³-hybridized carbons (Fsp3) is 0.0526. The molecule has 5 nitrogen and oxygen atoms in total. The zero-order chi connectivity index (χ0) is 16.4. The van der Waals surface area contributed by atoms with Crippen molar-refractivity contribution in [3.05, 3.63) is 71.9 Å². The summed E-state index contributed by atoms with van der Waals surface area (Å²) >= 11 is 0. The van der Waals surface area contributed by atoms with Crippen LogP contribution in [0.25, 0.3) is 22.4 Å². The van der Waals surface area contributed by atoms with Gasteiger partial charge in [0.05, 0.1) is 11.1 Å². The van der Waals surface area contributed by atoms with E-state index in [0.29, 0.717) is 17.3 Å². The van der Waals surface area contributed by atoms with Crippen molar-refractivity contribution in [1.29, 1.82) is 0 Å². The minimum atomic E-state index is 0.603. The van der Waals surface area contributed by atoms with E-state index in [4.69, 9.17) is 0 Å². The molecule has 0 atom stereocenters. The van der Waals surface area contributed by atoms with Crippen LogP contribution >= 0.6 is 0 Å². The van der Waals surface area contributed by atoms with Crippen LogP contribution < -0.4 is 0 Å². The molecule has 4 aromatic rings. The molecule has 0 aliphatic carbocycles. The lowest BCUT2D eigenvalue weighted by Crippen LogP contribution is -1.93. The summed E-state index contributed by atoms with van der Waals surface area (Å²) in [7, 11) is 0. The van der Waals surface area contributed by atoms with Gasteiger partial charge >= 0.3 is 0 Å². The molecule has 0 spiro atoms. The molecule has 0 unspecified atom stereocenters. The first kappa shape index (κ1) is 14.3. The number of H-pyrrole nitrogens is 1. The van der Waals surface area contributed by atoms with E-state index in [1.54, 1.807) is 6.21 Å². The molecule has 0 aliphatic rings. The fourth-order valence-electron chi connectivity index (χ4n) is 2.57. The molecule has 2 aromatic carbocycles. The maximum absolute atomic E-state index is 4.61. The second kappa shape index (κ2) is 6.04. The Morgan fingerprint density at radius 2 is 1.62 bits per heavy atom. The standard InChI is InChI=1S/C19H15N5/c1-13-16-18(20-12-14-8-4-2-5-9-14)23-24-19(16)22-17(21-13)15-10-6-3-7-11-15/h2-12H,1H3,(H,21,22,23,24). The van der Waals surface area contributed by atoms with Crippen molar-refractivity contribution >= 4 is 23.1 Å². The van der Waals surface area contributed by atoms with Gasteiger partial charge in [-0.05, 0) is 12.5 Å². The number of nitrogens with zero attached hydrogens (tertiary/aromatic N) is 4. The number of aromatic amines is 1. The largest absolute Gasteiger partial charge is 0.258 e. The Bertz CT molecular complexity index is 1000. The maximum atomic E-state index is 4.61. The molecule has 1 N–H and O–H groups in total.